The first-order valence-electron chi connectivity index (χ1n) is 10.6. The topological polar surface area (TPSA) is 259 Å². The molecule has 4 rings (SSSR count). The summed E-state index contributed by atoms with van der Waals surface area (Å²) in [5, 5.41) is 25.3. The van der Waals surface area contributed by atoms with E-state index in [4.69, 9.17) is 5.73 Å². The summed E-state index contributed by atoms with van der Waals surface area (Å²) in [4.78, 5) is -1.92. The van der Waals surface area contributed by atoms with E-state index in [1.165, 1.54) is 36.4 Å². The Hall–Kier alpha value is -4.33. The SMILES string of the molecule is Nc1c(N=Nc2ccccc2S(=O)(=O)O)cc(S(=O)(=O)O)c2ccc(N=Nc3ccccc3S(=O)(=O)O)c(O)c12. The molecule has 18 heteroatoms. The van der Waals surface area contributed by atoms with Crippen LogP contribution in [0.25, 0.3) is 10.8 Å². The van der Waals surface area contributed by atoms with Gasteiger partial charge >= 0.3 is 0 Å². The second-order valence-electron chi connectivity index (χ2n) is 7.92. The molecule has 0 bridgehead atoms. The van der Waals surface area contributed by atoms with E-state index in [1.54, 1.807) is 0 Å². The first kappa shape index (κ1) is 28.7. The van der Waals surface area contributed by atoms with Crippen LogP contribution < -0.4 is 5.73 Å². The molecule has 0 aliphatic heterocycles. The fourth-order valence-electron chi connectivity index (χ4n) is 3.57. The zero-order chi connectivity index (χ0) is 29.5. The molecule has 40 heavy (non-hydrogen) atoms. The second kappa shape index (κ2) is 10.3. The van der Waals surface area contributed by atoms with E-state index in [1.807, 2.05) is 0 Å². The maximum Gasteiger partial charge on any atom is 0.296 e. The predicted molar refractivity (Wildman–Crippen MR) is 141 cm³/mol. The van der Waals surface area contributed by atoms with Gasteiger partial charge in [-0.1, -0.05) is 30.3 Å². The van der Waals surface area contributed by atoms with Gasteiger partial charge in [-0.2, -0.15) is 25.3 Å². The van der Waals surface area contributed by atoms with Crippen LogP contribution >= 0.6 is 0 Å². The maximum atomic E-state index is 12.1. The first-order valence-corrected chi connectivity index (χ1v) is 14.9. The average Bonchev–Trinajstić information content (AvgIpc) is 2.86. The van der Waals surface area contributed by atoms with Gasteiger partial charge in [-0.3, -0.25) is 13.7 Å². The van der Waals surface area contributed by atoms with Crippen molar-refractivity contribution in [3.8, 4) is 5.75 Å². The van der Waals surface area contributed by atoms with Gasteiger partial charge in [0.05, 0.1) is 11.1 Å². The second-order valence-corrected chi connectivity index (χ2v) is 12.1. The summed E-state index contributed by atoms with van der Waals surface area (Å²) in [6, 6.07) is 13.0. The number of azo groups is 2. The lowest BCUT2D eigenvalue weighted by molar-refractivity contribution is 0.480. The van der Waals surface area contributed by atoms with Gasteiger partial charge in [-0.15, -0.1) is 20.5 Å². The number of fused-ring (bicyclic) bond motifs is 1. The summed E-state index contributed by atoms with van der Waals surface area (Å²) >= 11 is 0. The van der Waals surface area contributed by atoms with Gasteiger partial charge in [-0.05, 0) is 36.4 Å². The lowest BCUT2D eigenvalue weighted by atomic mass is 10.1. The van der Waals surface area contributed by atoms with Crippen LogP contribution in [0.2, 0.25) is 0 Å². The fraction of sp³-hybridized carbons (Fsp3) is 0. The third-order valence-corrected chi connectivity index (χ3v) is 8.03. The van der Waals surface area contributed by atoms with E-state index in [0.29, 0.717) is 0 Å². The largest absolute Gasteiger partial charge is 0.505 e. The normalized spacial score (nSPS) is 13.0. The molecule has 15 nitrogen and oxygen atoms in total. The smallest absolute Gasteiger partial charge is 0.296 e. The third-order valence-electron chi connectivity index (χ3n) is 5.33. The fourth-order valence-corrected chi connectivity index (χ4v) is 5.53. The zero-order valence-electron chi connectivity index (χ0n) is 19.7. The van der Waals surface area contributed by atoms with Crippen LogP contribution in [-0.4, -0.2) is 44.0 Å². The predicted octanol–water partition coefficient (Wildman–Crippen LogP) is 4.70. The molecule has 0 saturated carbocycles. The minimum Gasteiger partial charge on any atom is -0.505 e. The van der Waals surface area contributed by atoms with Gasteiger partial charge in [0, 0.05) is 5.39 Å². The van der Waals surface area contributed by atoms with Crippen LogP contribution in [0.1, 0.15) is 0 Å². The zero-order valence-corrected chi connectivity index (χ0v) is 22.1. The summed E-state index contributed by atoms with van der Waals surface area (Å²) in [6.07, 6.45) is 0. The monoisotopic (exact) mass is 607 g/mol. The van der Waals surface area contributed by atoms with Crippen molar-refractivity contribution in [2.75, 3.05) is 5.73 Å². The van der Waals surface area contributed by atoms with Gasteiger partial charge in [0.25, 0.3) is 30.4 Å². The number of nitrogens with two attached hydrogens (primary N) is 1. The van der Waals surface area contributed by atoms with E-state index in [2.05, 4.69) is 20.5 Å². The van der Waals surface area contributed by atoms with E-state index in [9.17, 15) is 44.0 Å². The number of anilines is 1. The standard InChI is InChI=1S/C22H17N5O10S3/c23-21-16(27-25-14-6-2-4-8-18(14)39(32,33)34)11-19(40(35,36)37)12-9-10-15(22(28)20(12)21)26-24-13-5-1-3-7-17(13)38(29,30)31/h1-11,28H,23H2,(H,29,30,31)(H,32,33,34)(H,35,36,37). The van der Waals surface area contributed by atoms with Crippen LogP contribution in [0, 0.1) is 0 Å². The van der Waals surface area contributed by atoms with Crippen LogP contribution in [0.5, 0.6) is 5.75 Å². The Morgan fingerprint density at radius 2 is 0.975 bits per heavy atom. The maximum absolute atomic E-state index is 12.1. The number of rotatable bonds is 7. The molecule has 6 N–H and O–H groups in total. The Kier molecular flexibility index (Phi) is 7.41. The van der Waals surface area contributed by atoms with Gasteiger partial charge in [0.2, 0.25) is 0 Å². The van der Waals surface area contributed by atoms with E-state index < -0.39 is 56.5 Å². The quantitative estimate of drug-likeness (QED) is 0.109. The molecular formula is C22H17N5O10S3. The average molecular weight is 608 g/mol. The van der Waals surface area contributed by atoms with Crippen molar-refractivity contribution in [3.05, 3.63) is 66.7 Å². The molecule has 4 aromatic rings. The van der Waals surface area contributed by atoms with E-state index >= 15 is 0 Å². The van der Waals surface area contributed by atoms with Crippen LogP contribution in [-0.2, 0) is 30.4 Å². The molecule has 0 heterocycles. The molecular weight excluding hydrogens is 590 g/mol. The molecule has 208 valence electrons. The van der Waals surface area contributed by atoms with E-state index in [0.717, 1.165) is 30.3 Å². The number of aromatic hydroxyl groups is 1. The number of nitrogen functional groups attached to an aromatic ring is 1. The molecule has 0 fully saturated rings. The Morgan fingerprint density at radius 1 is 0.550 bits per heavy atom. The Morgan fingerprint density at radius 3 is 1.45 bits per heavy atom. The number of phenolic OH excluding ortho intramolecular Hbond substituents is 1. The number of hydrogen-bond acceptors (Lipinski definition) is 12. The van der Waals surface area contributed by atoms with Gasteiger partial charge in [-0.25, -0.2) is 0 Å². The van der Waals surface area contributed by atoms with Crippen LogP contribution in [0.4, 0.5) is 28.4 Å². The number of benzene rings is 4. The number of nitrogens with zero attached hydrogens (tertiary/aromatic N) is 4. The lowest BCUT2D eigenvalue weighted by Gasteiger charge is -2.12. The molecule has 0 spiro atoms. The highest BCUT2D eigenvalue weighted by molar-refractivity contribution is 7.86. The highest BCUT2D eigenvalue weighted by Gasteiger charge is 2.23. The molecule has 0 aliphatic carbocycles. The van der Waals surface area contributed by atoms with Crippen LogP contribution in [0.3, 0.4) is 0 Å². The summed E-state index contributed by atoms with van der Waals surface area (Å²) in [5.41, 5.74) is 4.40. The minimum absolute atomic E-state index is 0.257. The first-order chi connectivity index (χ1) is 18.6. The number of hydrogen-bond donors (Lipinski definition) is 5. The summed E-state index contributed by atoms with van der Waals surface area (Å²) in [7, 11) is -14.3. The molecule has 0 aliphatic rings. The van der Waals surface area contributed by atoms with Crippen molar-refractivity contribution in [1.82, 2.24) is 0 Å². The molecule has 0 unspecified atom stereocenters. The molecule has 0 radical (unpaired) electrons. The van der Waals surface area contributed by atoms with Crippen molar-refractivity contribution in [2.45, 2.75) is 14.7 Å². The molecule has 0 aromatic heterocycles. The van der Waals surface area contributed by atoms with Gasteiger partial charge in [0.15, 0.2) is 5.75 Å². The molecule has 4 aromatic carbocycles. The van der Waals surface area contributed by atoms with Crippen molar-refractivity contribution >= 4 is 69.6 Å². The molecule has 0 amide bonds. The van der Waals surface area contributed by atoms with Crippen molar-refractivity contribution in [2.24, 2.45) is 20.5 Å². The van der Waals surface area contributed by atoms with Crippen molar-refractivity contribution in [1.29, 1.82) is 0 Å². The molecule has 0 saturated heterocycles. The summed E-state index contributed by atoms with van der Waals surface area (Å²) < 4.78 is 99.3. The van der Waals surface area contributed by atoms with Gasteiger partial charge < -0.3 is 10.8 Å². The Bertz CT molecular complexity index is 2050. The van der Waals surface area contributed by atoms with Gasteiger partial charge in [0.1, 0.15) is 37.4 Å². The Balaban J connectivity index is 1.92. The van der Waals surface area contributed by atoms with Crippen LogP contribution in [0.15, 0.2) is 102 Å². The molecule has 0 atom stereocenters. The third kappa shape index (κ3) is 5.81. The van der Waals surface area contributed by atoms with Crippen molar-refractivity contribution in [3.63, 3.8) is 0 Å². The Labute approximate surface area is 226 Å². The summed E-state index contributed by atoms with van der Waals surface area (Å²) in [5.74, 6) is -0.747. The highest BCUT2D eigenvalue weighted by atomic mass is 32.2. The van der Waals surface area contributed by atoms with E-state index in [-0.39, 0.29) is 33.5 Å². The summed E-state index contributed by atoms with van der Waals surface area (Å²) in [6.45, 7) is 0. The lowest BCUT2D eigenvalue weighted by Crippen LogP contribution is -2.01. The highest BCUT2D eigenvalue weighted by Crippen LogP contribution is 2.45. The van der Waals surface area contributed by atoms with Crippen molar-refractivity contribution < 1.29 is 44.0 Å². The number of phenols is 1. The minimum atomic E-state index is -4.94.